The van der Waals surface area contributed by atoms with E-state index in [9.17, 15) is 12.8 Å². The highest BCUT2D eigenvalue weighted by atomic mass is 32.2. The lowest BCUT2D eigenvalue weighted by Crippen LogP contribution is -2.48. The summed E-state index contributed by atoms with van der Waals surface area (Å²) < 4.78 is 41.1. The van der Waals surface area contributed by atoms with Crippen molar-refractivity contribution in [3.05, 3.63) is 35.1 Å². The Labute approximate surface area is 132 Å². The number of nitrogens with zero attached hydrogens (tertiary/aromatic N) is 2. The van der Waals surface area contributed by atoms with Crippen LogP contribution in [-0.4, -0.2) is 50.3 Å². The van der Waals surface area contributed by atoms with Crippen molar-refractivity contribution in [2.75, 3.05) is 26.7 Å². The van der Waals surface area contributed by atoms with E-state index in [2.05, 4.69) is 4.90 Å². The predicted molar refractivity (Wildman–Crippen MR) is 84.5 cm³/mol. The van der Waals surface area contributed by atoms with Crippen LogP contribution in [0.1, 0.15) is 24.0 Å². The molecule has 2 atom stereocenters. The van der Waals surface area contributed by atoms with Gasteiger partial charge >= 0.3 is 0 Å². The first-order valence-corrected chi connectivity index (χ1v) is 9.41. The van der Waals surface area contributed by atoms with Crippen LogP contribution in [-0.2, 0) is 15.8 Å². The summed E-state index contributed by atoms with van der Waals surface area (Å²) in [4.78, 5) is 2.18. The van der Waals surface area contributed by atoms with Crippen molar-refractivity contribution in [2.45, 2.75) is 31.6 Å². The second-order valence-corrected chi connectivity index (χ2v) is 8.55. The highest BCUT2D eigenvalue weighted by Crippen LogP contribution is 2.34. The molecule has 2 aliphatic heterocycles. The lowest BCUT2D eigenvalue weighted by atomic mass is 9.93. The number of sulfonamides is 1. The maximum Gasteiger partial charge on any atom is 0.218 e. The van der Waals surface area contributed by atoms with E-state index in [4.69, 9.17) is 0 Å². The van der Waals surface area contributed by atoms with Crippen LogP contribution in [0.4, 0.5) is 4.39 Å². The summed E-state index contributed by atoms with van der Waals surface area (Å²) in [5.74, 6) is -0.222. The molecule has 0 spiro atoms. The molecule has 2 saturated heterocycles. The van der Waals surface area contributed by atoms with Crippen LogP contribution in [0.3, 0.4) is 0 Å². The average molecular weight is 326 g/mol. The Morgan fingerprint density at radius 1 is 1.27 bits per heavy atom. The minimum Gasteiger partial charge on any atom is -0.305 e. The zero-order valence-corrected chi connectivity index (χ0v) is 13.9. The number of likely N-dealkylation sites (tertiary alicyclic amines) is 1. The van der Waals surface area contributed by atoms with Gasteiger partial charge in [-0.3, -0.25) is 0 Å². The Balaban J connectivity index is 1.80. The van der Waals surface area contributed by atoms with Crippen LogP contribution >= 0.6 is 0 Å². The van der Waals surface area contributed by atoms with Gasteiger partial charge in [0.25, 0.3) is 0 Å². The highest BCUT2D eigenvalue weighted by molar-refractivity contribution is 7.88. The zero-order valence-electron chi connectivity index (χ0n) is 13.1. The minimum absolute atomic E-state index is 0.0530. The lowest BCUT2D eigenvalue weighted by Gasteiger charge is -2.36. The normalized spacial score (nSPS) is 27.0. The summed E-state index contributed by atoms with van der Waals surface area (Å²) in [6.07, 6.45) is 1.97. The smallest absolute Gasteiger partial charge is 0.218 e. The summed E-state index contributed by atoms with van der Waals surface area (Å²) in [5.41, 5.74) is 1.06. The number of aryl methyl sites for hydroxylation is 1. The number of rotatable bonds is 3. The molecule has 3 rings (SSSR count). The number of benzene rings is 1. The van der Waals surface area contributed by atoms with Crippen molar-refractivity contribution < 1.29 is 12.8 Å². The molecule has 1 aromatic rings. The lowest BCUT2D eigenvalue weighted by molar-refractivity contribution is 0.165. The van der Waals surface area contributed by atoms with E-state index >= 15 is 0 Å². The van der Waals surface area contributed by atoms with Gasteiger partial charge in [0, 0.05) is 24.7 Å². The molecule has 0 aromatic heterocycles. The number of halogens is 1. The summed E-state index contributed by atoms with van der Waals surface area (Å²) in [6.45, 7) is 4.17. The second-order valence-electron chi connectivity index (χ2n) is 6.63. The second kappa shape index (κ2) is 5.91. The highest BCUT2D eigenvalue weighted by Gasteiger charge is 2.43. The minimum atomic E-state index is -3.48. The third-order valence-electron chi connectivity index (χ3n) is 4.92. The molecule has 4 nitrogen and oxygen atoms in total. The quantitative estimate of drug-likeness (QED) is 0.853. The van der Waals surface area contributed by atoms with E-state index in [1.54, 1.807) is 23.4 Å². The molecular weight excluding hydrogens is 303 g/mol. The number of likely N-dealkylation sites (N-methyl/N-ethyl adjacent to an activating group) is 1. The van der Waals surface area contributed by atoms with Crippen molar-refractivity contribution >= 4 is 10.0 Å². The molecule has 0 bridgehead atoms. The van der Waals surface area contributed by atoms with E-state index in [0.717, 1.165) is 31.5 Å². The van der Waals surface area contributed by atoms with Gasteiger partial charge in [-0.15, -0.1) is 0 Å². The van der Waals surface area contributed by atoms with E-state index in [1.165, 1.54) is 6.07 Å². The molecule has 122 valence electrons. The molecule has 0 unspecified atom stereocenters. The molecule has 0 saturated carbocycles. The molecule has 0 amide bonds. The van der Waals surface area contributed by atoms with Gasteiger partial charge in [-0.25, -0.2) is 12.8 Å². The van der Waals surface area contributed by atoms with Crippen LogP contribution in [0, 0.1) is 18.7 Å². The first-order chi connectivity index (χ1) is 10.4. The van der Waals surface area contributed by atoms with Crippen LogP contribution in [0.2, 0.25) is 0 Å². The molecule has 2 heterocycles. The number of fused-ring (bicyclic) bond motifs is 1. The Hall–Kier alpha value is -0.980. The fourth-order valence-corrected chi connectivity index (χ4v) is 5.48. The maximum absolute atomic E-state index is 14.0. The van der Waals surface area contributed by atoms with Gasteiger partial charge in [0.1, 0.15) is 5.82 Å². The van der Waals surface area contributed by atoms with Gasteiger partial charge in [-0.05, 0) is 50.9 Å². The summed E-state index contributed by atoms with van der Waals surface area (Å²) in [5, 5.41) is 0. The molecule has 22 heavy (non-hydrogen) atoms. The van der Waals surface area contributed by atoms with Crippen LogP contribution in [0.15, 0.2) is 18.2 Å². The molecule has 0 aliphatic carbocycles. The topological polar surface area (TPSA) is 40.6 Å². The molecule has 2 aliphatic rings. The number of hydrogen-bond acceptors (Lipinski definition) is 3. The molecule has 1 aromatic carbocycles. The van der Waals surface area contributed by atoms with Crippen molar-refractivity contribution in [1.82, 2.24) is 9.21 Å². The molecule has 0 N–H and O–H groups in total. The fraction of sp³-hybridized carbons (Fsp3) is 0.625. The number of piperidine rings is 1. The summed E-state index contributed by atoms with van der Waals surface area (Å²) >= 11 is 0. The van der Waals surface area contributed by atoms with Crippen molar-refractivity contribution in [2.24, 2.45) is 5.92 Å². The van der Waals surface area contributed by atoms with Gasteiger partial charge in [-0.2, -0.15) is 4.31 Å². The van der Waals surface area contributed by atoms with Crippen molar-refractivity contribution in [1.29, 1.82) is 0 Å². The van der Waals surface area contributed by atoms with Gasteiger partial charge < -0.3 is 4.90 Å². The largest absolute Gasteiger partial charge is 0.305 e. The fourth-order valence-electron chi connectivity index (χ4n) is 3.65. The van der Waals surface area contributed by atoms with E-state index in [1.807, 2.05) is 7.05 Å². The van der Waals surface area contributed by atoms with Gasteiger partial charge in [0.15, 0.2) is 0 Å². The van der Waals surface area contributed by atoms with Crippen LogP contribution < -0.4 is 0 Å². The van der Waals surface area contributed by atoms with Gasteiger partial charge in [0.2, 0.25) is 10.0 Å². The third kappa shape index (κ3) is 3.05. The SMILES string of the molecule is Cc1ccc(CS(=O)(=O)N2CC[C@H]3CCN(C)C[C@@H]32)c(F)c1. The first kappa shape index (κ1) is 15.9. The van der Waals surface area contributed by atoms with Crippen molar-refractivity contribution in [3.63, 3.8) is 0 Å². The Morgan fingerprint density at radius 3 is 2.73 bits per heavy atom. The van der Waals surface area contributed by atoms with Crippen LogP contribution in [0.25, 0.3) is 0 Å². The monoisotopic (exact) mass is 326 g/mol. The van der Waals surface area contributed by atoms with Gasteiger partial charge in [0.05, 0.1) is 5.75 Å². The number of hydrogen-bond donors (Lipinski definition) is 0. The average Bonchev–Trinajstić information content (AvgIpc) is 2.85. The first-order valence-electron chi connectivity index (χ1n) is 7.80. The van der Waals surface area contributed by atoms with Gasteiger partial charge in [-0.1, -0.05) is 12.1 Å². The summed E-state index contributed by atoms with van der Waals surface area (Å²) in [7, 11) is -1.45. The molecule has 0 radical (unpaired) electrons. The molecular formula is C16H23FN2O2S. The maximum atomic E-state index is 14.0. The van der Waals surface area contributed by atoms with Crippen LogP contribution in [0.5, 0.6) is 0 Å². The molecule has 2 fully saturated rings. The Bertz CT molecular complexity index is 662. The standard InChI is InChI=1S/C16H23FN2O2S/c1-12-3-4-14(15(17)9-12)11-22(20,21)19-8-6-13-5-7-18(2)10-16(13)19/h3-4,9,13,16H,5-8,10-11H2,1-2H3/t13-,16+/m1/s1. The zero-order chi connectivity index (χ0) is 15.9. The molecule has 6 heteroatoms. The summed E-state index contributed by atoms with van der Waals surface area (Å²) in [6, 6.07) is 4.79. The Kier molecular flexibility index (Phi) is 4.27. The van der Waals surface area contributed by atoms with E-state index in [-0.39, 0.29) is 17.4 Å². The third-order valence-corrected chi connectivity index (χ3v) is 6.76. The Morgan fingerprint density at radius 2 is 2.00 bits per heavy atom. The van der Waals surface area contributed by atoms with E-state index in [0.29, 0.717) is 12.5 Å². The predicted octanol–water partition coefficient (Wildman–Crippen LogP) is 1.99. The van der Waals surface area contributed by atoms with Crippen molar-refractivity contribution in [3.8, 4) is 0 Å². The van der Waals surface area contributed by atoms with E-state index < -0.39 is 15.8 Å².